The minimum absolute atomic E-state index is 0.0246. The number of urea groups is 1. The molecule has 2 amide bonds. The average Bonchev–Trinajstić information content (AvgIpc) is 2.41. The number of carbonyl (C=O) groups excluding carboxylic acids is 1. The smallest absolute Gasteiger partial charge is 0.317 e. The number of rotatable bonds is 3. The number of aliphatic carboxylic acids is 1. The number of piperazine rings is 1. The first kappa shape index (κ1) is 15.1. The van der Waals surface area contributed by atoms with Gasteiger partial charge in [0.15, 0.2) is 0 Å². The van der Waals surface area contributed by atoms with Gasteiger partial charge in [-0.05, 0) is 12.8 Å². The van der Waals surface area contributed by atoms with Crippen LogP contribution in [-0.4, -0.2) is 76.9 Å². The Kier molecular flexibility index (Phi) is 5.19. The first-order chi connectivity index (χ1) is 9.56. The summed E-state index contributed by atoms with van der Waals surface area (Å²) in [4.78, 5) is 26.2. The zero-order valence-electron chi connectivity index (χ0n) is 11.6. The summed E-state index contributed by atoms with van der Waals surface area (Å²) in [5.74, 6) is -0.840. The van der Waals surface area contributed by atoms with E-state index in [1.165, 1.54) is 0 Å². The monoisotopic (exact) mass is 285 g/mol. The highest BCUT2D eigenvalue weighted by Gasteiger charge is 2.28. The molecule has 1 saturated heterocycles. The number of carbonyl (C=O) groups is 2. The predicted molar refractivity (Wildman–Crippen MR) is 72.4 cm³/mol. The number of carboxylic acid groups (broad SMARTS) is 1. The van der Waals surface area contributed by atoms with E-state index >= 15 is 0 Å². The van der Waals surface area contributed by atoms with Gasteiger partial charge in [0.2, 0.25) is 0 Å². The molecule has 114 valence electrons. The van der Waals surface area contributed by atoms with Crippen LogP contribution in [0, 0.1) is 0 Å². The zero-order chi connectivity index (χ0) is 14.5. The van der Waals surface area contributed by atoms with Gasteiger partial charge in [0.1, 0.15) is 0 Å². The summed E-state index contributed by atoms with van der Waals surface area (Å²) in [5.41, 5.74) is 0. The van der Waals surface area contributed by atoms with Crippen LogP contribution in [0.5, 0.6) is 0 Å². The highest BCUT2D eigenvalue weighted by molar-refractivity contribution is 5.75. The number of hydrogen-bond acceptors (Lipinski definition) is 4. The lowest BCUT2D eigenvalue weighted by molar-refractivity contribution is -0.138. The Morgan fingerprint density at radius 2 is 1.75 bits per heavy atom. The summed E-state index contributed by atoms with van der Waals surface area (Å²) in [6.07, 6.45) is 3.18. The second kappa shape index (κ2) is 6.90. The van der Waals surface area contributed by atoms with Crippen LogP contribution >= 0.6 is 0 Å². The molecule has 1 saturated carbocycles. The van der Waals surface area contributed by atoms with E-state index in [1.54, 1.807) is 4.90 Å². The van der Waals surface area contributed by atoms with E-state index in [0.717, 1.165) is 25.7 Å². The maximum absolute atomic E-state index is 12.1. The summed E-state index contributed by atoms with van der Waals surface area (Å²) in [6, 6.07) is -0.292. The molecule has 0 aromatic carbocycles. The molecule has 2 atom stereocenters. The summed E-state index contributed by atoms with van der Waals surface area (Å²) < 4.78 is 0. The number of hydrogen-bond donors (Lipinski definition) is 3. The van der Waals surface area contributed by atoms with Crippen molar-refractivity contribution < 1.29 is 19.8 Å². The van der Waals surface area contributed by atoms with E-state index in [-0.39, 0.29) is 18.6 Å². The quantitative estimate of drug-likeness (QED) is 0.662. The molecule has 0 spiro atoms. The molecule has 7 heteroatoms. The van der Waals surface area contributed by atoms with E-state index in [0.29, 0.717) is 26.2 Å². The Labute approximate surface area is 118 Å². The average molecular weight is 285 g/mol. The second-order valence-corrected chi connectivity index (χ2v) is 5.56. The molecule has 7 nitrogen and oxygen atoms in total. The number of carboxylic acids is 1. The van der Waals surface area contributed by atoms with Crippen molar-refractivity contribution in [1.82, 2.24) is 15.1 Å². The third kappa shape index (κ3) is 4.08. The topological polar surface area (TPSA) is 93.1 Å². The third-order valence-electron chi connectivity index (χ3n) is 4.06. The lowest BCUT2D eigenvalue weighted by Crippen LogP contribution is -2.56. The van der Waals surface area contributed by atoms with Crippen molar-refractivity contribution in [3.05, 3.63) is 0 Å². The molecule has 0 radical (unpaired) electrons. The molecular formula is C13H23N3O4. The number of aliphatic hydroxyl groups is 1. The number of aliphatic hydroxyl groups excluding tert-OH is 1. The molecule has 0 bridgehead atoms. The summed E-state index contributed by atoms with van der Waals surface area (Å²) in [6.45, 7) is 2.24. The van der Waals surface area contributed by atoms with Gasteiger partial charge in [-0.3, -0.25) is 9.69 Å². The van der Waals surface area contributed by atoms with Gasteiger partial charge in [-0.15, -0.1) is 0 Å². The fraction of sp³-hybridized carbons (Fsp3) is 0.846. The SMILES string of the molecule is O=C(O)CN1CCN(C(=O)NC2CCCCC2O)CC1. The molecule has 2 fully saturated rings. The van der Waals surface area contributed by atoms with Gasteiger partial charge in [0, 0.05) is 26.2 Å². The molecule has 3 N–H and O–H groups in total. The molecule has 20 heavy (non-hydrogen) atoms. The lowest BCUT2D eigenvalue weighted by Gasteiger charge is -2.36. The van der Waals surface area contributed by atoms with E-state index < -0.39 is 12.1 Å². The van der Waals surface area contributed by atoms with Gasteiger partial charge in [0.05, 0.1) is 18.7 Å². The highest BCUT2D eigenvalue weighted by atomic mass is 16.4. The standard InChI is InChI=1S/C13H23N3O4/c17-11-4-2-1-3-10(11)14-13(20)16-7-5-15(6-8-16)9-12(18)19/h10-11,17H,1-9H2,(H,14,20)(H,18,19). The van der Waals surface area contributed by atoms with Crippen molar-refractivity contribution in [2.24, 2.45) is 0 Å². The predicted octanol–water partition coefficient (Wildman–Crippen LogP) is -0.298. The number of nitrogens with one attached hydrogen (secondary N) is 1. The maximum atomic E-state index is 12.1. The van der Waals surface area contributed by atoms with Crippen LogP contribution in [0.3, 0.4) is 0 Å². The van der Waals surface area contributed by atoms with Gasteiger partial charge < -0.3 is 20.4 Å². The number of nitrogens with zero attached hydrogens (tertiary/aromatic N) is 2. The van der Waals surface area contributed by atoms with Crippen LogP contribution in [0.15, 0.2) is 0 Å². The molecule has 2 aliphatic rings. The van der Waals surface area contributed by atoms with Crippen molar-refractivity contribution >= 4 is 12.0 Å². The minimum atomic E-state index is -0.840. The molecule has 1 aliphatic heterocycles. The van der Waals surface area contributed by atoms with Gasteiger partial charge in [-0.25, -0.2) is 4.79 Å². The molecule has 0 aromatic rings. The van der Waals surface area contributed by atoms with E-state index in [2.05, 4.69) is 5.32 Å². The summed E-state index contributed by atoms with van der Waals surface area (Å²) in [5, 5.41) is 21.5. The summed E-state index contributed by atoms with van der Waals surface area (Å²) >= 11 is 0. The van der Waals surface area contributed by atoms with Crippen LogP contribution in [0.1, 0.15) is 25.7 Å². The van der Waals surface area contributed by atoms with Crippen molar-refractivity contribution in [2.75, 3.05) is 32.7 Å². The van der Waals surface area contributed by atoms with Crippen molar-refractivity contribution in [2.45, 2.75) is 37.8 Å². The van der Waals surface area contributed by atoms with Gasteiger partial charge >= 0.3 is 12.0 Å². The zero-order valence-corrected chi connectivity index (χ0v) is 11.6. The Morgan fingerprint density at radius 3 is 2.35 bits per heavy atom. The summed E-state index contributed by atoms with van der Waals surface area (Å²) in [7, 11) is 0. The van der Waals surface area contributed by atoms with E-state index in [9.17, 15) is 14.7 Å². The molecule has 1 aliphatic carbocycles. The Bertz CT molecular complexity index is 356. The normalized spacial score (nSPS) is 28.1. The van der Waals surface area contributed by atoms with Crippen LogP contribution in [-0.2, 0) is 4.79 Å². The molecule has 0 aromatic heterocycles. The molecule has 2 rings (SSSR count). The van der Waals surface area contributed by atoms with Crippen molar-refractivity contribution in [3.63, 3.8) is 0 Å². The second-order valence-electron chi connectivity index (χ2n) is 5.56. The van der Waals surface area contributed by atoms with Crippen LogP contribution < -0.4 is 5.32 Å². The van der Waals surface area contributed by atoms with Crippen LogP contribution in [0.2, 0.25) is 0 Å². The van der Waals surface area contributed by atoms with Gasteiger partial charge in [-0.2, -0.15) is 0 Å². The number of amides is 2. The van der Waals surface area contributed by atoms with Crippen LogP contribution in [0.4, 0.5) is 4.79 Å². The van der Waals surface area contributed by atoms with Gasteiger partial charge in [-0.1, -0.05) is 12.8 Å². The van der Waals surface area contributed by atoms with Crippen LogP contribution in [0.25, 0.3) is 0 Å². The molecule has 2 unspecified atom stereocenters. The first-order valence-corrected chi connectivity index (χ1v) is 7.24. The largest absolute Gasteiger partial charge is 0.480 e. The molecule has 1 heterocycles. The Hall–Kier alpha value is -1.34. The lowest BCUT2D eigenvalue weighted by atomic mass is 9.93. The first-order valence-electron chi connectivity index (χ1n) is 7.24. The molecular weight excluding hydrogens is 262 g/mol. The fourth-order valence-electron chi connectivity index (χ4n) is 2.83. The van der Waals surface area contributed by atoms with Crippen molar-refractivity contribution in [1.29, 1.82) is 0 Å². The fourth-order valence-corrected chi connectivity index (χ4v) is 2.83. The van der Waals surface area contributed by atoms with Crippen molar-refractivity contribution in [3.8, 4) is 0 Å². The van der Waals surface area contributed by atoms with Gasteiger partial charge in [0.25, 0.3) is 0 Å². The highest BCUT2D eigenvalue weighted by Crippen LogP contribution is 2.18. The minimum Gasteiger partial charge on any atom is -0.480 e. The maximum Gasteiger partial charge on any atom is 0.317 e. The Morgan fingerprint density at radius 1 is 1.10 bits per heavy atom. The third-order valence-corrected chi connectivity index (χ3v) is 4.06. The van der Waals surface area contributed by atoms with E-state index in [1.807, 2.05) is 4.90 Å². The van der Waals surface area contributed by atoms with E-state index in [4.69, 9.17) is 5.11 Å². The Balaban J connectivity index is 1.75.